The van der Waals surface area contributed by atoms with Gasteiger partial charge in [-0.1, -0.05) is 24.3 Å². The number of benzene rings is 1. The minimum Gasteiger partial charge on any atom is -0.444 e. The predicted octanol–water partition coefficient (Wildman–Crippen LogP) is 4.29. The van der Waals surface area contributed by atoms with Crippen molar-refractivity contribution in [1.82, 2.24) is 30.4 Å². The lowest BCUT2D eigenvalue weighted by molar-refractivity contribution is -0.0371. The smallest absolute Gasteiger partial charge is 0.408 e. The lowest BCUT2D eigenvalue weighted by atomic mass is 9.72. The number of hydrogen-bond acceptors (Lipinski definition) is 8. The molecule has 11 heteroatoms. The van der Waals surface area contributed by atoms with E-state index in [-0.39, 0.29) is 35.4 Å². The van der Waals surface area contributed by atoms with E-state index in [9.17, 15) is 9.59 Å². The molecule has 41 heavy (non-hydrogen) atoms. The number of nitrogens with zero attached hydrogens (tertiary/aromatic N) is 5. The minimum absolute atomic E-state index is 0.112. The molecule has 11 nitrogen and oxygen atoms in total. The highest BCUT2D eigenvalue weighted by molar-refractivity contribution is 6.02. The van der Waals surface area contributed by atoms with Crippen molar-refractivity contribution in [3.8, 4) is 0 Å². The average Bonchev–Trinajstić information content (AvgIpc) is 3.48. The number of fused-ring (bicyclic) bond motifs is 2. The molecule has 2 N–H and O–H groups in total. The molecule has 218 valence electrons. The minimum atomic E-state index is -0.567. The van der Waals surface area contributed by atoms with Crippen molar-refractivity contribution in [2.75, 3.05) is 31.6 Å². The second-order valence-corrected chi connectivity index (χ2v) is 12.4. The Hall–Kier alpha value is -3.73. The Morgan fingerprint density at radius 3 is 2.63 bits per heavy atom. The van der Waals surface area contributed by atoms with Gasteiger partial charge < -0.3 is 25.0 Å². The van der Waals surface area contributed by atoms with Crippen LogP contribution in [0.4, 0.5) is 10.6 Å². The summed E-state index contributed by atoms with van der Waals surface area (Å²) in [5, 5.41) is 10.5. The molecule has 3 aliphatic rings. The van der Waals surface area contributed by atoms with Crippen molar-refractivity contribution in [2.24, 2.45) is 5.41 Å². The second kappa shape index (κ2) is 10.6. The zero-order valence-corrected chi connectivity index (χ0v) is 24.3. The highest BCUT2D eigenvalue weighted by atomic mass is 16.6. The number of amides is 2. The Bertz CT molecular complexity index is 1450. The largest absolute Gasteiger partial charge is 0.444 e. The molecule has 3 aromatic rings. The highest BCUT2D eigenvalue weighted by Crippen LogP contribution is 2.52. The molecule has 2 amide bonds. The van der Waals surface area contributed by atoms with E-state index in [1.54, 1.807) is 17.9 Å². The fourth-order valence-electron chi connectivity index (χ4n) is 6.53. The van der Waals surface area contributed by atoms with Gasteiger partial charge in [-0.25, -0.2) is 19.4 Å². The normalized spacial score (nSPS) is 22.0. The van der Waals surface area contributed by atoms with E-state index in [4.69, 9.17) is 14.5 Å². The summed E-state index contributed by atoms with van der Waals surface area (Å²) in [5.74, 6) is 0.454. The van der Waals surface area contributed by atoms with E-state index in [1.165, 1.54) is 11.1 Å². The Kier molecular flexibility index (Phi) is 7.09. The topological polar surface area (TPSA) is 124 Å². The molecule has 2 fully saturated rings. The van der Waals surface area contributed by atoms with Crippen molar-refractivity contribution < 1.29 is 19.1 Å². The van der Waals surface area contributed by atoms with Crippen LogP contribution in [0.15, 0.2) is 30.5 Å². The zero-order chi connectivity index (χ0) is 28.8. The molecule has 2 saturated heterocycles. The van der Waals surface area contributed by atoms with Crippen LogP contribution in [-0.2, 0) is 15.9 Å². The summed E-state index contributed by atoms with van der Waals surface area (Å²) >= 11 is 0. The molecule has 1 aromatic carbocycles. The third-order valence-electron chi connectivity index (χ3n) is 8.53. The Morgan fingerprint density at radius 2 is 1.93 bits per heavy atom. The van der Waals surface area contributed by atoms with Crippen LogP contribution in [0, 0.1) is 5.41 Å². The van der Waals surface area contributed by atoms with Crippen LogP contribution in [0.3, 0.4) is 0 Å². The molecule has 6 rings (SSSR count). The first-order chi connectivity index (χ1) is 19.7. The van der Waals surface area contributed by atoms with Crippen LogP contribution < -0.4 is 15.5 Å². The van der Waals surface area contributed by atoms with Crippen LogP contribution in [0.1, 0.15) is 86.8 Å². The van der Waals surface area contributed by atoms with Gasteiger partial charge in [-0.05, 0) is 70.4 Å². The molecule has 0 bridgehead atoms. The fraction of sp³-hybridized carbons (Fsp3) is 0.567. The predicted molar refractivity (Wildman–Crippen MR) is 154 cm³/mol. The first-order valence-corrected chi connectivity index (χ1v) is 14.6. The van der Waals surface area contributed by atoms with Gasteiger partial charge in [0.2, 0.25) is 0 Å². The summed E-state index contributed by atoms with van der Waals surface area (Å²) in [6.07, 6.45) is 6.59. The molecule has 0 radical (unpaired) electrons. The number of rotatable bonds is 4. The molecule has 4 heterocycles. The lowest BCUT2D eigenvalue weighted by Gasteiger charge is -2.43. The quantitative estimate of drug-likeness (QED) is 0.484. The monoisotopic (exact) mass is 561 g/mol. The van der Waals surface area contributed by atoms with E-state index < -0.39 is 5.60 Å². The van der Waals surface area contributed by atoms with Crippen molar-refractivity contribution in [2.45, 2.75) is 77.2 Å². The number of ether oxygens (including phenoxy) is 2. The number of hydrogen-bond donors (Lipinski definition) is 2. The Morgan fingerprint density at radius 1 is 1.15 bits per heavy atom. The summed E-state index contributed by atoms with van der Waals surface area (Å²) in [4.78, 5) is 37.4. The van der Waals surface area contributed by atoms with Gasteiger partial charge in [-0.2, -0.15) is 5.10 Å². The number of aromatic nitrogens is 4. The molecular weight excluding hydrogens is 522 g/mol. The maximum absolute atomic E-state index is 12.9. The number of nitrogens with one attached hydrogen (secondary N) is 2. The summed E-state index contributed by atoms with van der Waals surface area (Å²) in [7, 11) is 1.59. The van der Waals surface area contributed by atoms with E-state index in [0.717, 1.165) is 57.4 Å². The van der Waals surface area contributed by atoms with Crippen LogP contribution in [0.5, 0.6) is 0 Å². The molecule has 1 aliphatic carbocycles. The molecule has 2 atom stereocenters. The summed E-state index contributed by atoms with van der Waals surface area (Å²) in [5.41, 5.74) is 3.07. The van der Waals surface area contributed by atoms with Crippen molar-refractivity contribution in [3.05, 3.63) is 47.3 Å². The van der Waals surface area contributed by atoms with E-state index in [1.807, 2.05) is 26.8 Å². The molecule has 1 spiro atoms. The maximum Gasteiger partial charge on any atom is 0.408 e. The summed E-state index contributed by atoms with van der Waals surface area (Å²) in [6.45, 7) is 7.82. The van der Waals surface area contributed by atoms with Crippen LogP contribution in [0.25, 0.3) is 11.2 Å². The van der Waals surface area contributed by atoms with Crippen molar-refractivity contribution in [3.63, 3.8) is 0 Å². The Balaban J connectivity index is 1.26. The van der Waals surface area contributed by atoms with Gasteiger partial charge in [0, 0.05) is 32.2 Å². The van der Waals surface area contributed by atoms with Gasteiger partial charge in [0.05, 0.1) is 12.2 Å². The number of carbonyl (C=O) groups is 2. The van der Waals surface area contributed by atoms with E-state index >= 15 is 0 Å². The first kappa shape index (κ1) is 27.4. The SMILES string of the molecule is CNC(=O)c1nn(C2CCCCO2)c2nc(N3CCC4(CC3)Cc3ccccc3[C@H]4NC(=O)OC(C)(C)C)cnc12. The van der Waals surface area contributed by atoms with Crippen LogP contribution in [-0.4, -0.2) is 64.1 Å². The maximum atomic E-state index is 12.9. The van der Waals surface area contributed by atoms with Gasteiger partial charge in [-0.15, -0.1) is 0 Å². The van der Waals surface area contributed by atoms with Gasteiger partial charge in [0.1, 0.15) is 16.9 Å². The van der Waals surface area contributed by atoms with Crippen molar-refractivity contribution in [1.29, 1.82) is 0 Å². The lowest BCUT2D eigenvalue weighted by Crippen LogP contribution is -2.48. The highest BCUT2D eigenvalue weighted by Gasteiger charge is 2.49. The number of anilines is 1. The fourth-order valence-corrected chi connectivity index (χ4v) is 6.53. The third kappa shape index (κ3) is 5.23. The second-order valence-electron chi connectivity index (χ2n) is 12.4. The first-order valence-electron chi connectivity index (χ1n) is 14.6. The summed E-state index contributed by atoms with van der Waals surface area (Å²) in [6, 6.07) is 8.26. The van der Waals surface area contributed by atoms with Crippen LogP contribution in [0.2, 0.25) is 0 Å². The molecule has 2 aromatic heterocycles. The standard InChI is InChI=1S/C30H39N7O4/c1-29(2,3)41-28(39)34-25-20-10-6-5-9-19(20)17-30(25)12-14-36(15-13-30)21-18-32-23-24(27(38)31-4)35-37(26(23)33-21)22-11-7-8-16-40-22/h5-6,9-10,18,22,25H,7-8,11-17H2,1-4H3,(H,31,38)(H,34,39)/t22?,25-/m1/s1. The van der Waals surface area contributed by atoms with Crippen molar-refractivity contribution >= 4 is 29.0 Å². The third-order valence-corrected chi connectivity index (χ3v) is 8.53. The molecule has 1 unspecified atom stereocenters. The average molecular weight is 562 g/mol. The van der Waals surface area contributed by atoms with E-state index in [0.29, 0.717) is 17.8 Å². The number of carbonyl (C=O) groups excluding carboxylic acids is 2. The van der Waals surface area contributed by atoms with Gasteiger partial charge in [0.15, 0.2) is 17.6 Å². The summed E-state index contributed by atoms with van der Waals surface area (Å²) < 4.78 is 13.4. The van der Waals surface area contributed by atoms with Gasteiger partial charge in [0.25, 0.3) is 5.91 Å². The van der Waals surface area contributed by atoms with Gasteiger partial charge >= 0.3 is 6.09 Å². The van der Waals surface area contributed by atoms with Gasteiger partial charge in [-0.3, -0.25) is 4.79 Å². The zero-order valence-electron chi connectivity index (χ0n) is 24.3. The molecule has 0 saturated carbocycles. The molecular formula is C30H39N7O4. The Labute approximate surface area is 240 Å². The van der Waals surface area contributed by atoms with E-state index in [2.05, 4.69) is 43.8 Å². The number of alkyl carbamates (subject to hydrolysis) is 1. The molecule has 2 aliphatic heterocycles. The number of piperidine rings is 1. The van der Waals surface area contributed by atoms with Crippen LogP contribution >= 0.6 is 0 Å².